The van der Waals surface area contributed by atoms with Crippen molar-refractivity contribution in [1.82, 2.24) is 10.2 Å². The number of rotatable bonds is 6. The van der Waals surface area contributed by atoms with E-state index >= 15 is 0 Å². The fourth-order valence-corrected chi connectivity index (χ4v) is 4.59. The SMILES string of the molecule is O=C(CCC1CCNCC1)c1ccc2c(c1)CCN(Cc1ccccc1)CC2. The molecule has 2 aromatic rings. The Morgan fingerprint density at radius 1 is 0.964 bits per heavy atom. The summed E-state index contributed by atoms with van der Waals surface area (Å²) in [4.78, 5) is 15.3. The van der Waals surface area contributed by atoms with Crippen molar-refractivity contribution < 1.29 is 4.79 Å². The summed E-state index contributed by atoms with van der Waals surface area (Å²) in [6, 6.07) is 17.2. The van der Waals surface area contributed by atoms with Gasteiger partial charge in [-0.25, -0.2) is 0 Å². The summed E-state index contributed by atoms with van der Waals surface area (Å²) in [5, 5.41) is 3.40. The molecular formula is C25H32N2O. The molecule has 2 aromatic carbocycles. The highest BCUT2D eigenvalue weighted by Crippen LogP contribution is 2.22. The second-order valence-corrected chi connectivity index (χ2v) is 8.40. The van der Waals surface area contributed by atoms with Crippen LogP contribution in [0.2, 0.25) is 0 Å². The molecule has 0 radical (unpaired) electrons. The number of nitrogens with zero attached hydrogens (tertiary/aromatic N) is 1. The molecule has 3 heteroatoms. The van der Waals surface area contributed by atoms with Gasteiger partial charge < -0.3 is 5.32 Å². The smallest absolute Gasteiger partial charge is 0.162 e. The predicted octanol–water partition coefficient (Wildman–Crippen LogP) is 4.25. The Kier molecular flexibility index (Phi) is 6.56. The average molecular weight is 377 g/mol. The average Bonchev–Trinajstić information content (AvgIpc) is 2.95. The number of fused-ring (bicyclic) bond motifs is 1. The van der Waals surface area contributed by atoms with Crippen LogP contribution in [-0.2, 0) is 19.4 Å². The molecule has 2 heterocycles. The van der Waals surface area contributed by atoms with E-state index in [1.165, 1.54) is 29.5 Å². The first-order valence-corrected chi connectivity index (χ1v) is 10.9. The maximum absolute atomic E-state index is 12.7. The lowest BCUT2D eigenvalue weighted by molar-refractivity contribution is 0.0970. The fourth-order valence-electron chi connectivity index (χ4n) is 4.59. The van der Waals surface area contributed by atoms with Crippen LogP contribution in [0.15, 0.2) is 48.5 Å². The number of carbonyl (C=O) groups excluding carboxylic acids is 1. The van der Waals surface area contributed by atoms with Crippen molar-refractivity contribution in [3.05, 3.63) is 70.8 Å². The Labute approximate surface area is 169 Å². The lowest BCUT2D eigenvalue weighted by Crippen LogP contribution is -2.28. The molecule has 1 N–H and O–H groups in total. The maximum atomic E-state index is 12.7. The van der Waals surface area contributed by atoms with Crippen LogP contribution in [0.5, 0.6) is 0 Å². The fraction of sp³-hybridized carbons (Fsp3) is 0.480. The minimum atomic E-state index is 0.326. The lowest BCUT2D eigenvalue weighted by atomic mass is 9.90. The molecule has 28 heavy (non-hydrogen) atoms. The zero-order chi connectivity index (χ0) is 19.2. The number of nitrogens with one attached hydrogen (secondary N) is 1. The van der Waals surface area contributed by atoms with Crippen LogP contribution < -0.4 is 5.32 Å². The number of piperidine rings is 1. The molecule has 2 aliphatic rings. The molecule has 0 amide bonds. The number of ketones is 1. The van der Waals surface area contributed by atoms with Gasteiger partial charge in [0.05, 0.1) is 0 Å². The number of hydrogen-bond donors (Lipinski definition) is 1. The third-order valence-electron chi connectivity index (χ3n) is 6.41. The van der Waals surface area contributed by atoms with Gasteiger partial charge in [-0.2, -0.15) is 0 Å². The summed E-state index contributed by atoms with van der Waals surface area (Å²) in [6.07, 6.45) is 6.29. The van der Waals surface area contributed by atoms with Crippen LogP contribution in [0, 0.1) is 5.92 Å². The van der Waals surface area contributed by atoms with Gasteiger partial charge in [-0.15, -0.1) is 0 Å². The van der Waals surface area contributed by atoms with Crippen LogP contribution >= 0.6 is 0 Å². The van der Waals surface area contributed by atoms with Crippen molar-refractivity contribution >= 4 is 5.78 Å². The first-order chi connectivity index (χ1) is 13.8. The van der Waals surface area contributed by atoms with Crippen LogP contribution in [0.3, 0.4) is 0 Å². The van der Waals surface area contributed by atoms with Gasteiger partial charge in [-0.3, -0.25) is 9.69 Å². The minimum absolute atomic E-state index is 0.326. The van der Waals surface area contributed by atoms with Gasteiger partial charge >= 0.3 is 0 Å². The van der Waals surface area contributed by atoms with E-state index < -0.39 is 0 Å². The molecule has 0 unspecified atom stereocenters. The highest BCUT2D eigenvalue weighted by Gasteiger charge is 2.18. The van der Waals surface area contributed by atoms with Crippen molar-refractivity contribution in [2.75, 3.05) is 26.2 Å². The maximum Gasteiger partial charge on any atom is 0.162 e. The van der Waals surface area contributed by atoms with Gasteiger partial charge in [0.1, 0.15) is 0 Å². The first kappa shape index (κ1) is 19.4. The predicted molar refractivity (Wildman–Crippen MR) is 115 cm³/mol. The van der Waals surface area contributed by atoms with Crippen LogP contribution in [0.1, 0.15) is 52.7 Å². The van der Waals surface area contributed by atoms with Crippen LogP contribution in [-0.4, -0.2) is 36.9 Å². The minimum Gasteiger partial charge on any atom is -0.317 e. The molecule has 0 aromatic heterocycles. The Bertz CT molecular complexity index is 780. The molecule has 0 bridgehead atoms. The van der Waals surface area contributed by atoms with E-state index in [1.807, 2.05) is 0 Å². The molecule has 1 saturated heterocycles. The molecule has 1 fully saturated rings. The van der Waals surface area contributed by atoms with Gasteiger partial charge in [0.25, 0.3) is 0 Å². The quantitative estimate of drug-likeness (QED) is 0.765. The van der Waals surface area contributed by atoms with E-state index in [9.17, 15) is 4.79 Å². The zero-order valence-electron chi connectivity index (χ0n) is 16.8. The number of benzene rings is 2. The molecule has 0 saturated carbocycles. The third-order valence-corrected chi connectivity index (χ3v) is 6.41. The lowest BCUT2D eigenvalue weighted by Gasteiger charge is -2.22. The first-order valence-electron chi connectivity index (χ1n) is 10.9. The van der Waals surface area contributed by atoms with Crippen LogP contribution in [0.25, 0.3) is 0 Å². The summed E-state index contributed by atoms with van der Waals surface area (Å²) in [7, 11) is 0. The second-order valence-electron chi connectivity index (χ2n) is 8.40. The normalized spacial score (nSPS) is 18.4. The molecule has 2 aliphatic heterocycles. The van der Waals surface area contributed by atoms with Gasteiger partial charge in [0.2, 0.25) is 0 Å². The number of carbonyl (C=O) groups is 1. The Morgan fingerprint density at radius 3 is 2.50 bits per heavy atom. The molecule has 0 spiro atoms. The van der Waals surface area contributed by atoms with Crippen molar-refractivity contribution in [3.63, 3.8) is 0 Å². The highest BCUT2D eigenvalue weighted by atomic mass is 16.1. The molecular weight excluding hydrogens is 344 g/mol. The summed E-state index contributed by atoms with van der Waals surface area (Å²) in [6.45, 7) is 5.38. The van der Waals surface area contributed by atoms with Gasteiger partial charge in [-0.1, -0.05) is 42.5 Å². The van der Waals surface area contributed by atoms with E-state index in [0.29, 0.717) is 12.2 Å². The number of hydrogen-bond acceptors (Lipinski definition) is 3. The summed E-state index contributed by atoms with van der Waals surface area (Å²) >= 11 is 0. The highest BCUT2D eigenvalue weighted by molar-refractivity contribution is 5.96. The second kappa shape index (κ2) is 9.49. The van der Waals surface area contributed by atoms with E-state index in [-0.39, 0.29) is 0 Å². The molecule has 148 valence electrons. The van der Waals surface area contributed by atoms with Crippen molar-refractivity contribution in [2.24, 2.45) is 5.92 Å². The van der Waals surface area contributed by atoms with E-state index in [0.717, 1.165) is 63.5 Å². The van der Waals surface area contributed by atoms with Crippen molar-refractivity contribution in [3.8, 4) is 0 Å². The third kappa shape index (κ3) is 5.09. The van der Waals surface area contributed by atoms with E-state index in [4.69, 9.17) is 0 Å². The monoisotopic (exact) mass is 376 g/mol. The van der Waals surface area contributed by atoms with Gasteiger partial charge in [0, 0.05) is 31.6 Å². The summed E-state index contributed by atoms with van der Waals surface area (Å²) < 4.78 is 0. The molecule has 0 aliphatic carbocycles. The summed E-state index contributed by atoms with van der Waals surface area (Å²) in [5.74, 6) is 1.05. The number of Topliss-reactive ketones (excluding diaryl/α,β-unsaturated/α-hetero) is 1. The Balaban J connectivity index is 1.34. The topological polar surface area (TPSA) is 32.3 Å². The Morgan fingerprint density at radius 2 is 1.71 bits per heavy atom. The van der Waals surface area contributed by atoms with Crippen molar-refractivity contribution in [1.29, 1.82) is 0 Å². The summed E-state index contributed by atoms with van der Waals surface area (Å²) in [5.41, 5.74) is 5.10. The zero-order valence-corrected chi connectivity index (χ0v) is 16.8. The van der Waals surface area contributed by atoms with Gasteiger partial charge in [0.15, 0.2) is 5.78 Å². The van der Waals surface area contributed by atoms with Crippen LogP contribution in [0.4, 0.5) is 0 Å². The van der Waals surface area contributed by atoms with Crippen molar-refractivity contribution in [2.45, 2.75) is 45.1 Å². The molecule has 3 nitrogen and oxygen atoms in total. The van der Waals surface area contributed by atoms with E-state index in [2.05, 4.69) is 58.7 Å². The standard InChI is InChI=1S/C25H32N2O/c28-25(9-6-20-10-14-26-15-11-20)24-8-7-22-12-16-27(17-13-23(22)18-24)19-21-4-2-1-3-5-21/h1-5,7-8,18,20,26H,6,9-17,19H2. The Hall–Kier alpha value is -1.97. The van der Waals surface area contributed by atoms with E-state index in [1.54, 1.807) is 0 Å². The van der Waals surface area contributed by atoms with Gasteiger partial charge in [-0.05, 0) is 73.9 Å². The largest absolute Gasteiger partial charge is 0.317 e. The molecule has 4 rings (SSSR count). The molecule has 0 atom stereocenters.